The molecule has 2 aromatic carbocycles. The van der Waals surface area contributed by atoms with Gasteiger partial charge in [0.05, 0.1) is 0 Å². The van der Waals surface area contributed by atoms with E-state index in [0.29, 0.717) is 27.8 Å². The van der Waals surface area contributed by atoms with E-state index in [9.17, 15) is 4.79 Å². The molecule has 1 aromatic heterocycles. The lowest BCUT2D eigenvalue weighted by atomic mass is 10.1. The van der Waals surface area contributed by atoms with Crippen LogP contribution in [0.15, 0.2) is 52.9 Å². The third-order valence-corrected chi connectivity index (χ3v) is 4.43. The van der Waals surface area contributed by atoms with E-state index >= 15 is 0 Å². The molecule has 0 radical (unpaired) electrons. The zero-order chi connectivity index (χ0) is 18.0. The van der Waals surface area contributed by atoms with Gasteiger partial charge < -0.3 is 14.8 Å². The predicted molar refractivity (Wildman–Crippen MR) is 98.9 cm³/mol. The summed E-state index contributed by atoms with van der Waals surface area (Å²) in [4.78, 5) is 12.5. The van der Waals surface area contributed by atoms with Crippen LogP contribution in [-0.4, -0.2) is 11.0 Å². The number of benzene rings is 2. The summed E-state index contributed by atoms with van der Waals surface area (Å²) >= 11 is 6.10. The van der Waals surface area contributed by atoms with Crippen LogP contribution in [-0.2, 0) is 6.61 Å². The molecule has 0 aliphatic heterocycles. The highest BCUT2D eigenvalue weighted by Gasteiger charge is 2.11. The molecule has 0 saturated heterocycles. The lowest BCUT2D eigenvalue weighted by Gasteiger charge is -2.11. The van der Waals surface area contributed by atoms with Crippen LogP contribution >= 0.6 is 11.6 Å². The third kappa shape index (κ3) is 3.76. The number of furan rings is 1. The standard InChI is InChI=1S/C20H18ClNO3/c1-12-3-6-15(9-17(12)21)20(24)22-18-10-14(5-4-13(18)2)19-8-7-16(11-23)25-19/h3-10,23H,11H2,1-2H3,(H,22,24). The molecule has 0 spiro atoms. The van der Waals surface area contributed by atoms with Gasteiger partial charge in [-0.2, -0.15) is 0 Å². The Balaban J connectivity index is 1.87. The summed E-state index contributed by atoms with van der Waals surface area (Å²) in [5.41, 5.74) is 3.88. The second-order valence-corrected chi connectivity index (χ2v) is 6.28. The quantitative estimate of drug-likeness (QED) is 0.695. The highest BCUT2D eigenvalue weighted by molar-refractivity contribution is 6.31. The minimum absolute atomic E-state index is 0.149. The summed E-state index contributed by atoms with van der Waals surface area (Å²) in [5.74, 6) is 0.908. The number of aliphatic hydroxyl groups is 1. The van der Waals surface area contributed by atoms with Crippen molar-refractivity contribution in [1.82, 2.24) is 0 Å². The van der Waals surface area contributed by atoms with E-state index in [1.54, 1.807) is 24.3 Å². The van der Waals surface area contributed by atoms with E-state index in [0.717, 1.165) is 16.7 Å². The summed E-state index contributed by atoms with van der Waals surface area (Å²) in [6, 6.07) is 14.4. The van der Waals surface area contributed by atoms with Crippen LogP contribution in [0, 0.1) is 13.8 Å². The van der Waals surface area contributed by atoms with Gasteiger partial charge in [-0.1, -0.05) is 29.8 Å². The zero-order valence-corrected chi connectivity index (χ0v) is 14.7. The fourth-order valence-electron chi connectivity index (χ4n) is 2.46. The minimum atomic E-state index is -0.224. The van der Waals surface area contributed by atoms with Gasteiger partial charge in [0, 0.05) is 21.8 Å². The number of rotatable bonds is 4. The molecule has 25 heavy (non-hydrogen) atoms. The highest BCUT2D eigenvalue weighted by atomic mass is 35.5. The Bertz CT molecular complexity index is 930. The molecule has 3 rings (SSSR count). The SMILES string of the molecule is Cc1ccc(C(=O)Nc2cc(-c3ccc(CO)o3)ccc2C)cc1Cl. The molecule has 0 saturated carbocycles. The van der Waals surface area contributed by atoms with E-state index in [-0.39, 0.29) is 12.5 Å². The Morgan fingerprint density at radius 1 is 1.08 bits per heavy atom. The van der Waals surface area contributed by atoms with Crippen LogP contribution in [0.4, 0.5) is 5.69 Å². The summed E-state index contributed by atoms with van der Waals surface area (Å²) < 4.78 is 5.55. The summed E-state index contributed by atoms with van der Waals surface area (Å²) in [7, 11) is 0. The first-order valence-corrected chi connectivity index (χ1v) is 8.24. The Kier molecular flexibility index (Phi) is 4.93. The molecule has 0 unspecified atom stereocenters. The molecule has 5 heteroatoms. The van der Waals surface area contributed by atoms with Crippen LogP contribution in [0.3, 0.4) is 0 Å². The van der Waals surface area contributed by atoms with Gasteiger partial charge in [0.2, 0.25) is 0 Å². The number of aryl methyl sites for hydroxylation is 2. The molecule has 0 aliphatic rings. The van der Waals surface area contributed by atoms with Gasteiger partial charge in [-0.3, -0.25) is 4.79 Å². The number of carbonyl (C=O) groups excluding carboxylic acids is 1. The first-order chi connectivity index (χ1) is 12.0. The predicted octanol–water partition coefficient (Wildman–Crippen LogP) is 4.96. The second kappa shape index (κ2) is 7.13. The lowest BCUT2D eigenvalue weighted by Crippen LogP contribution is -2.13. The molecule has 0 fully saturated rings. The third-order valence-electron chi connectivity index (χ3n) is 4.02. The van der Waals surface area contributed by atoms with Gasteiger partial charge in [0.25, 0.3) is 5.91 Å². The van der Waals surface area contributed by atoms with Crippen LogP contribution in [0.25, 0.3) is 11.3 Å². The van der Waals surface area contributed by atoms with Crippen molar-refractivity contribution >= 4 is 23.2 Å². The van der Waals surface area contributed by atoms with Crippen molar-refractivity contribution in [2.24, 2.45) is 0 Å². The molecule has 3 aromatic rings. The topological polar surface area (TPSA) is 62.5 Å². The largest absolute Gasteiger partial charge is 0.459 e. The Hall–Kier alpha value is -2.56. The molecule has 0 bridgehead atoms. The summed E-state index contributed by atoms with van der Waals surface area (Å²) in [5, 5.41) is 12.6. The number of carbonyl (C=O) groups is 1. The van der Waals surface area contributed by atoms with Crippen molar-refractivity contribution in [3.8, 4) is 11.3 Å². The van der Waals surface area contributed by atoms with E-state index in [2.05, 4.69) is 5.32 Å². The maximum atomic E-state index is 12.5. The maximum absolute atomic E-state index is 12.5. The normalized spacial score (nSPS) is 10.7. The molecule has 1 heterocycles. The van der Waals surface area contributed by atoms with Gasteiger partial charge in [0.15, 0.2) is 0 Å². The summed E-state index contributed by atoms with van der Waals surface area (Å²) in [6.45, 7) is 3.66. The van der Waals surface area contributed by atoms with Crippen molar-refractivity contribution in [1.29, 1.82) is 0 Å². The van der Waals surface area contributed by atoms with Gasteiger partial charge in [-0.25, -0.2) is 0 Å². The van der Waals surface area contributed by atoms with Crippen molar-refractivity contribution in [3.63, 3.8) is 0 Å². The smallest absolute Gasteiger partial charge is 0.255 e. The van der Waals surface area contributed by atoms with Gasteiger partial charge in [0.1, 0.15) is 18.1 Å². The molecule has 4 nitrogen and oxygen atoms in total. The number of nitrogens with one attached hydrogen (secondary N) is 1. The lowest BCUT2D eigenvalue weighted by molar-refractivity contribution is 0.102. The van der Waals surface area contributed by atoms with Crippen LogP contribution in [0.1, 0.15) is 27.2 Å². The monoisotopic (exact) mass is 355 g/mol. The molecular weight excluding hydrogens is 338 g/mol. The number of halogens is 1. The van der Waals surface area contributed by atoms with Crippen molar-refractivity contribution in [2.45, 2.75) is 20.5 Å². The first kappa shape index (κ1) is 17.3. The first-order valence-electron chi connectivity index (χ1n) is 7.86. The number of aliphatic hydroxyl groups excluding tert-OH is 1. The molecule has 128 valence electrons. The highest BCUT2D eigenvalue weighted by Crippen LogP contribution is 2.28. The number of hydrogen-bond donors (Lipinski definition) is 2. The van der Waals surface area contributed by atoms with Crippen molar-refractivity contribution in [3.05, 3.63) is 76.0 Å². The van der Waals surface area contributed by atoms with Crippen LogP contribution in [0.5, 0.6) is 0 Å². The maximum Gasteiger partial charge on any atom is 0.255 e. The van der Waals surface area contributed by atoms with E-state index in [1.807, 2.05) is 38.1 Å². The molecule has 2 N–H and O–H groups in total. The average molecular weight is 356 g/mol. The fraction of sp³-hybridized carbons (Fsp3) is 0.150. The Morgan fingerprint density at radius 3 is 2.52 bits per heavy atom. The van der Waals surface area contributed by atoms with Crippen molar-refractivity contribution < 1.29 is 14.3 Å². The van der Waals surface area contributed by atoms with Crippen LogP contribution in [0.2, 0.25) is 5.02 Å². The molecular formula is C20H18ClNO3. The number of amides is 1. The summed E-state index contributed by atoms with van der Waals surface area (Å²) in [6.07, 6.45) is 0. The molecule has 0 atom stereocenters. The van der Waals surface area contributed by atoms with E-state index in [4.69, 9.17) is 21.1 Å². The number of anilines is 1. The fourth-order valence-corrected chi connectivity index (χ4v) is 2.64. The average Bonchev–Trinajstić information content (AvgIpc) is 3.08. The number of hydrogen-bond acceptors (Lipinski definition) is 3. The second-order valence-electron chi connectivity index (χ2n) is 5.87. The molecule has 1 amide bonds. The van der Waals surface area contributed by atoms with E-state index in [1.165, 1.54) is 0 Å². The van der Waals surface area contributed by atoms with E-state index < -0.39 is 0 Å². The van der Waals surface area contributed by atoms with Crippen LogP contribution < -0.4 is 5.32 Å². The molecule has 0 aliphatic carbocycles. The Morgan fingerprint density at radius 2 is 1.84 bits per heavy atom. The zero-order valence-electron chi connectivity index (χ0n) is 14.0. The van der Waals surface area contributed by atoms with Crippen molar-refractivity contribution in [2.75, 3.05) is 5.32 Å². The minimum Gasteiger partial charge on any atom is -0.459 e. The van der Waals surface area contributed by atoms with Gasteiger partial charge >= 0.3 is 0 Å². The van der Waals surface area contributed by atoms with Gasteiger partial charge in [-0.15, -0.1) is 0 Å². The van der Waals surface area contributed by atoms with Gasteiger partial charge in [-0.05, 0) is 55.3 Å². The Labute approximate surface area is 151 Å².